The molecule has 1 aromatic heterocycles. The van der Waals surface area contributed by atoms with Gasteiger partial charge in [0.25, 0.3) is 8.32 Å². The summed E-state index contributed by atoms with van der Waals surface area (Å²) < 4.78 is 6.83. The van der Waals surface area contributed by atoms with E-state index in [4.69, 9.17) is 4.43 Å². The van der Waals surface area contributed by atoms with Crippen molar-refractivity contribution in [2.24, 2.45) is 0 Å². The molecule has 0 saturated carbocycles. The molecular weight excluding hydrogens is 434 g/mol. The van der Waals surface area contributed by atoms with Gasteiger partial charge in [0.2, 0.25) is 0 Å². The molecule has 0 aliphatic heterocycles. The molecule has 0 spiro atoms. The molecule has 0 radical (unpaired) electrons. The molecule has 2 aromatic carbocycles. The van der Waals surface area contributed by atoms with Crippen molar-refractivity contribution in [1.29, 1.82) is 0 Å². The third-order valence-corrected chi connectivity index (χ3v) is 13.3. The Bertz CT molecular complexity index is 1070. The Kier molecular flexibility index (Phi) is 8.70. The lowest BCUT2D eigenvalue weighted by Crippen LogP contribution is -2.50. The van der Waals surface area contributed by atoms with E-state index in [2.05, 4.69) is 95.9 Å². The highest BCUT2D eigenvalue weighted by Gasteiger charge is 2.47. The van der Waals surface area contributed by atoms with Crippen molar-refractivity contribution in [3.8, 4) is 5.75 Å². The Morgan fingerprint density at radius 3 is 2.12 bits per heavy atom. The zero-order valence-corrected chi connectivity index (χ0v) is 23.0. The molecule has 1 unspecified atom stereocenters. The van der Waals surface area contributed by atoms with Crippen LogP contribution in [0.4, 0.5) is 0 Å². The fraction of sp³-hybridized carbons (Fsp3) is 0.467. The lowest BCUT2D eigenvalue weighted by molar-refractivity contribution is -0.120. The van der Waals surface area contributed by atoms with Crippen LogP contribution in [0.3, 0.4) is 0 Å². The van der Waals surface area contributed by atoms with Gasteiger partial charge in [0.1, 0.15) is 11.5 Å². The van der Waals surface area contributed by atoms with Gasteiger partial charge in [-0.2, -0.15) is 0 Å². The molecule has 34 heavy (non-hydrogen) atoms. The summed E-state index contributed by atoms with van der Waals surface area (Å²) >= 11 is 0. The maximum atomic E-state index is 13.4. The van der Waals surface area contributed by atoms with E-state index in [0.717, 1.165) is 40.5 Å². The molecule has 1 heterocycles. The number of hydrogen-bond acceptors (Lipinski definition) is 3. The number of aromatic nitrogens is 1. The second-order valence-electron chi connectivity index (χ2n) is 10.5. The van der Waals surface area contributed by atoms with Gasteiger partial charge in [-0.25, -0.2) is 0 Å². The highest BCUT2D eigenvalue weighted by molar-refractivity contribution is 6.78. The van der Waals surface area contributed by atoms with E-state index in [1.165, 1.54) is 0 Å². The van der Waals surface area contributed by atoms with Crippen molar-refractivity contribution in [2.45, 2.75) is 90.3 Å². The van der Waals surface area contributed by atoms with Crippen LogP contribution in [0.25, 0.3) is 10.8 Å². The smallest absolute Gasteiger partial charge is 0.258 e. The first-order valence-electron chi connectivity index (χ1n) is 12.8. The van der Waals surface area contributed by atoms with E-state index in [-0.39, 0.29) is 11.7 Å². The van der Waals surface area contributed by atoms with E-state index in [1.54, 1.807) is 6.20 Å². The minimum absolute atomic E-state index is 0.0884. The predicted octanol–water partition coefficient (Wildman–Crippen LogP) is 8.48. The van der Waals surface area contributed by atoms with E-state index >= 15 is 0 Å². The van der Waals surface area contributed by atoms with E-state index in [1.807, 2.05) is 12.3 Å². The summed E-state index contributed by atoms with van der Waals surface area (Å²) in [5.41, 5.74) is 3.74. The number of nitrogens with zero attached hydrogens (tertiary/aromatic N) is 1. The number of rotatable bonds is 11. The number of ketones is 1. The van der Waals surface area contributed by atoms with E-state index in [0.29, 0.717) is 23.0 Å². The molecule has 0 fully saturated rings. The van der Waals surface area contributed by atoms with Gasteiger partial charge in [-0.3, -0.25) is 9.78 Å². The number of fused-ring (bicyclic) bond motifs is 1. The maximum absolute atomic E-state index is 13.4. The maximum Gasteiger partial charge on any atom is 0.258 e. The SMILES string of the molecule is CCCC(C(=O)Cc1ccc2cnccc2c1)c1ccc(O[Si](C(C)C)(C(C)C)C(C)C)cc1. The van der Waals surface area contributed by atoms with Gasteiger partial charge >= 0.3 is 0 Å². The third kappa shape index (κ3) is 5.60. The molecule has 0 N–H and O–H groups in total. The summed E-state index contributed by atoms with van der Waals surface area (Å²) in [5, 5.41) is 2.23. The van der Waals surface area contributed by atoms with Crippen LogP contribution in [0.1, 0.15) is 78.4 Å². The van der Waals surface area contributed by atoms with Crippen LogP contribution >= 0.6 is 0 Å². The molecule has 0 saturated heterocycles. The Labute approximate surface area is 207 Å². The number of benzene rings is 2. The molecule has 3 rings (SSSR count). The summed E-state index contributed by atoms with van der Waals surface area (Å²) in [6, 6.07) is 16.6. The van der Waals surface area contributed by atoms with Crippen molar-refractivity contribution in [1.82, 2.24) is 4.98 Å². The lowest BCUT2D eigenvalue weighted by atomic mass is 9.87. The van der Waals surface area contributed by atoms with Gasteiger partial charge < -0.3 is 4.43 Å². The highest BCUT2D eigenvalue weighted by Crippen LogP contribution is 2.43. The monoisotopic (exact) mass is 475 g/mol. The molecule has 3 nitrogen and oxygen atoms in total. The van der Waals surface area contributed by atoms with Gasteiger partial charge in [0.15, 0.2) is 0 Å². The van der Waals surface area contributed by atoms with Crippen molar-refractivity contribution in [2.75, 3.05) is 0 Å². The standard InChI is InChI=1S/C30H41NO2Si/c1-8-9-29(30(32)19-24-10-11-27-20-31-17-16-26(27)18-24)25-12-14-28(15-13-25)33-34(21(2)3,22(4)5)23(6)7/h10-18,20-23,29H,8-9,19H2,1-7H3. The van der Waals surface area contributed by atoms with Crippen LogP contribution < -0.4 is 4.43 Å². The topological polar surface area (TPSA) is 39.2 Å². The summed E-state index contributed by atoms with van der Waals surface area (Å²) in [5.74, 6) is 1.13. The lowest BCUT2D eigenvalue weighted by Gasteiger charge is -2.42. The molecular formula is C30H41NO2Si. The summed E-state index contributed by atoms with van der Waals surface area (Å²) in [4.78, 5) is 17.6. The number of hydrogen-bond donors (Lipinski definition) is 0. The minimum Gasteiger partial charge on any atom is -0.543 e. The molecule has 0 bridgehead atoms. The Balaban J connectivity index is 1.80. The Hall–Kier alpha value is -2.46. The second kappa shape index (κ2) is 11.3. The number of carbonyl (C=O) groups is 1. The fourth-order valence-electron chi connectivity index (χ4n) is 5.70. The largest absolute Gasteiger partial charge is 0.543 e. The van der Waals surface area contributed by atoms with Crippen LogP contribution in [0.2, 0.25) is 16.6 Å². The quantitative estimate of drug-likeness (QED) is 0.261. The van der Waals surface area contributed by atoms with Gasteiger partial charge in [0, 0.05) is 30.1 Å². The molecule has 0 amide bonds. The fourth-order valence-corrected chi connectivity index (χ4v) is 10.9. The first-order chi connectivity index (χ1) is 16.2. The summed E-state index contributed by atoms with van der Waals surface area (Å²) in [6.07, 6.45) is 5.94. The number of pyridine rings is 1. The van der Waals surface area contributed by atoms with Crippen molar-refractivity contribution in [3.63, 3.8) is 0 Å². The average molecular weight is 476 g/mol. The highest BCUT2D eigenvalue weighted by atomic mass is 28.4. The normalized spacial score (nSPS) is 13.1. The van der Waals surface area contributed by atoms with Crippen molar-refractivity contribution in [3.05, 3.63) is 72.1 Å². The second-order valence-corrected chi connectivity index (χ2v) is 15.9. The number of Topliss-reactive ketones (excluding diaryl/α,β-unsaturated/α-hetero) is 1. The minimum atomic E-state index is -1.99. The molecule has 0 aliphatic carbocycles. The van der Waals surface area contributed by atoms with Crippen LogP contribution in [0.5, 0.6) is 5.75 Å². The molecule has 1 atom stereocenters. The van der Waals surface area contributed by atoms with E-state index in [9.17, 15) is 4.79 Å². The van der Waals surface area contributed by atoms with Gasteiger partial charge in [0.05, 0.1) is 0 Å². The van der Waals surface area contributed by atoms with Gasteiger partial charge in [-0.05, 0) is 57.8 Å². The summed E-state index contributed by atoms with van der Waals surface area (Å²) in [7, 11) is -1.99. The van der Waals surface area contributed by atoms with Crippen LogP contribution in [-0.4, -0.2) is 19.1 Å². The molecule has 182 valence electrons. The molecule has 3 aromatic rings. The van der Waals surface area contributed by atoms with Gasteiger partial charge in [-0.15, -0.1) is 0 Å². The van der Waals surface area contributed by atoms with Crippen LogP contribution in [0.15, 0.2) is 60.9 Å². The first kappa shape index (κ1) is 26.1. The molecule has 4 heteroatoms. The summed E-state index contributed by atoms with van der Waals surface area (Å²) in [6.45, 7) is 16.0. The first-order valence-corrected chi connectivity index (χ1v) is 15.0. The Morgan fingerprint density at radius 1 is 0.882 bits per heavy atom. The van der Waals surface area contributed by atoms with Crippen LogP contribution in [0, 0.1) is 0 Å². The van der Waals surface area contributed by atoms with Crippen LogP contribution in [-0.2, 0) is 11.2 Å². The van der Waals surface area contributed by atoms with Gasteiger partial charge in [-0.1, -0.05) is 85.2 Å². The zero-order valence-electron chi connectivity index (χ0n) is 22.0. The Morgan fingerprint density at radius 2 is 1.53 bits per heavy atom. The number of carbonyl (C=O) groups excluding carboxylic acids is 1. The zero-order chi connectivity index (χ0) is 24.9. The predicted molar refractivity (Wildman–Crippen MR) is 146 cm³/mol. The van der Waals surface area contributed by atoms with E-state index < -0.39 is 8.32 Å². The third-order valence-electron chi connectivity index (χ3n) is 7.33. The van der Waals surface area contributed by atoms with Crippen molar-refractivity contribution < 1.29 is 9.22 Å². The average Bonchev–Trinajstić information content (AvgIpc) is 2.80. The van der Waals surface area contributed by atoms with Crippen molar-refractivity contribution >= 4 is 24.9 Å². The molecule has 0 aliphatic rings.